The molecule has 0 bridgehead atoms. The summed E-state index contributed by atoms with van der Waals surface area (Å²) in [6.45, 7) is 0. The van der Waals surface area contributed by atoms with Gasteiger partial charge in [-0.2, -0.15) is 9.97 Å². The summed E-state index contributed by atoms with van der Waals surface area (Å²) in [7, 11) is 0. The first kappa shape index (κ1) is 35.7. The second-order valence-corrected chi connectivity index (χ2v) is 15.7. The minimum atomic E-state index is 0.581. The van der Waals surface area contributed by atoms with Crippen LogP contribution >= 0.6 is 0 Å². The molecule has 1 aliphatic carbocycles. The van der Waals surface area contributed by atoms with Crippen molar-refractivity contribution >= 4 is 38.8 Å². The minimum Gasteiger partial charge on any atom is -0.312 e. The van der Waals surface area contributed by atoms with E-state index < -0.39 is 0 Å². The summed E-state index contributed by atoms with van der Waals surface area (Å²) in [6, 6.07) is 67.8. The van der Waals surface area contributed by atoms with Gasteiger partial charge in [0.05, 0.1) is 33.6 Å². The lowest BCUT2D eigenvalue weighted by atomic mass is 9.99. The smallest absolute Gasteiger partial charge is 0.238 e. The van der Waals surface area contributed by atoms with E-state index in [0.29, 0.717) is 17.6 Å². The molecule has 0 atom stereocenters. The Bertz CT molecular complexity index is 3450. The Morgan fingerprint density at radius 3 is 1.76 bits per heavy atom. The van der Waals surface area contributed by atoms with Gasteiger partial charge in [0.2, 0.25) is 5.95 Å². The number of fused-ring (bicyclic) bond motifs is 7. The number of hydrogen-bond donors (Lipinski definition) is 0. The van der Waals surface area contributed by atoms with Gasteiger partial charge in [0.25, 0.3) is 0 Å². The molecule has 0 saturated heterocycles. The Hall–Kier alpha value is -8.22. The van der Waals surface area contributed by atoms with Gasteiger partial charge in [-0.15, -0.1) is 0 Å². The minimum absolute atomic E-state index is 0.581. The molecule has 6 nitrogen and oxygen atoms in total. The van der Waals surface area contributed by atoms with Crippen LogP contribution in [0.2, 0.25) is 0 Å². The zero-order chi connectivity index (χ0) is 41.0. The maximum atomic E-state index is 5.35. The summed E-state index contributed by atoms with van der Waals surface area (Å²) >= 11 is 0. The average molecular weight is 795 g/mol. The van der Waals surface area contributed by atoms with Crippen molar-refractivity contribution in [3.8, 4) is 68.1 Å². The molecule has 0 N–H and O–H groups in total. The first-order chi connectivity index (χ1) is 30.8. The van der Waals surface area contributed by atoms with Crippen molar-refractivity contribution in [2.45, 2.75) is 12.8 Å². The van der Waals surface area contributed by atoms with Crippen LogP contribution in [0.3, 0.4) is 0 Å². The molecule has 0 saturated carbocycles. The molecule has 7 aromatic carbocycles. The van der Waals surface area contributed by atoms with Gasteiger partial charge in [0.15, 0.2) is 11.6 Å². The van der Waals surface area contributed by atoms with Gasteiger partial charge >= 0.3 is 0 Å². The highest BCUT2D eigenvalue weighted by molar-refractivity contribution is 6.23. The molecular weight excluding hydrogens is 757 g/mol. The number of para-hydroxylation sites is 2. The third kappa shape index (κ3) is 5.95. The standard InChI is InChI=1S/C56H38N6/c1-4-18-37(19-5-1)40-24-16-25-41(36-40)45-29-17-30-46(57-45)42-26-10-13-31-47(42)61-48-32-14-11-27-43(48)52-50(61)34-35-51-53(52)44-28-12-15-33-49(44)62(51)56-59-54(38-20-6-2-7-21-38)58-55(60-56)39-22-8-3-9-23-39/h1-13,15-31,33-36H,14,32H2. The molecule has 12 rings (SSSR count). The van der Waals surface area contributed by atoms with E-state index in [9.17, 15) is 0 Å². The quantitative estimate of drug-likeness (QED) is 0.161. The van der Waals surface area contributed by atoms with Crippen molar-refractivity contribution < 1.29 is 0 Å². The Balaban J connectivity index is 1.06. The van der Waals surface area contributed by atoms with Crippen molar-refractivity contribution in [1.82, 2.24) is 29.1 Å². The van der Waals surface area contributed by atoms with Gasteiger partial charge in [-0.25, -0.2) is 9.97 Å². The Labute approximate surface area is 358 Å². The fourth-order valence-electron chi connectivity index (χ4n) is 9.27. The van der Waals surface area contributed by atoms with Crippen LogP contribution in [0, 0.1) is 0 Å². The summed E-state index contributed by atoms with van der Waals surface area (Å²) in [5.74, 6) is 1.84. The number of benzene rings is 7. The normalized spacial score (nSPS) is 12.3. The third-order valence-corrected chi connectivity index (χ3v) is 12.1. The summed E-state index contributed by atoms with van der Waals surface area (Å²) in [4.78, 5) is 20.8. The maximum absolute atomic E-state index is 5.35. The number of nitrogens with zero attached hydrogens (tertiary/aromatic N) is 6. The topological polar surface area (TPSA) is 61.4 Å². The van der Waals surface area contributed by atoms with Crippen LogP contribution in [0.1, 0.15) is 17.7 Å². The van der Waals surface area contributed by atoms with E-state index >= 15 is 0 Å². The van der Waals surface area contributed by atoms with Crippen molar-refractivity contribution in [1.29, 1.82) is 0 Å². The third-order valence-electron chi connectivity index (χ3n) is 12.1. The molecule has 0 spiro atoms. The Kier molecular flexibility index (Phi) is 8.52. The Morgan fingerprint density at radius 1 is 0.403 bits per heavy atom. The largest absolute Gasteiger partial charge is 0.312 e. The lowest BCUT2D eigenvalue weighted by Crippen LogP contribution is -2.06. The van der Waals surface area contributed by atoms with Crippen molar-refractivity contribution in [3.05, 3.63) is 211 Å². The fraction of sp³-hybridized carbons (Fsp3) is 0.0357. The molecule has 0 fully saturated rings. The van der Waals surface area contributed by atoms with Crippen LogP contribution in [-0.2, 0) is 6.42 Å². The van der Waals surface area contributed by atoms with Crippen LogP contribution in [0.5, 0.6) is 0 Å². The second kappa shape index (κ2) is 14.8. The van der Waals surface area contributed by atoms with Crippen LogP contribution in [0.25, 0.3) is 107 Å². The fourth-order valence-corrected chi connectivity index (χ4v) is 9.27. The summed E-state index contributed by atoms with van der Waals surface area (Å²) in [5, 5.41) is 3.55. The molecule has 0 aliphatic heterocycles. The number of pyridine rings is 1. The van der Waals surface area contributed by atoms with E-state index in [1.54, 1.807) is 0 Å². The lowest BCUT2D eigenvalue weighted by molar-refractivity contribution is 0.889. The van der Waals surface area contributed by atoms with Gasteiger partial charge in [0.1, 0.15) is 0 Å². The summed E-state index contributed by atoms with van der Waals surface area (Å²) in [5.41, 5.74) is 15.2. The predicted octanol–water partition coefficient (Wildman–Crippen LogP) is 13.6. The molecule has 0 radical (unpaired) electrons. The van der Waals surface area contributed by atoms with Gasteiger partial charge < -0.3 is 4.57 Å². The molecule has 0 amide bonds. The van der Waals surface area contributed by atoms with E-state index in [2.05, 4.69) is 179 Å². The van der Waals surface area contributed by atoms with Crippen molar-refractivity contribution in [2.24, 2.45) is 0 Å². The molecule has 62 heavy (non-hydrogen) atoms. The number of hydrogen-bond acceptors (Lipinski definition) is 4. The molecule has 1 aliphatic rings. The van der Waals surface area contributed by atoms with E-state index in [1.807, 2.05) is 36.4 Å². The van der Waals surface area contributed by atoms with E-state index in [-0.39, 0.29) is 0 Å². The van der Waals surface area contributed by atoms with Gasteiger partial charge in [0, 0.05) is 49.7 Å². The highest BCUT2D eigenvalue weighted by atomic mass is 15.2. The number of rotatable bonds is 7. The molecule has 4 heterocycles. The highest BCUT2D eigenvalue weighted by Gasteiger charge is 2.26. The number of aromatic nitrogens is 6. The van der Waals surface area contributed by atoms with Crippen molar-refractivity contribution in [3.63, 3.8) is 0 Å². The molecule has 6 heteroatoms. The molecule has 292 valence electrons. The molecule has 4 aromatic heterocycles. The van der Waals surface area contributed by atoms with Gasteiger partial charge in [-0.1, -0.05) is 164 Å². The first-order valence-electron chi connectivity index (χ1n) is 21.1. The molecular formula is C56H38N6. The average Bonchev–Trinajstić information content (AvgIpc) is 3.88. The van der Waals surface area contributed by atoms with Crippen LogP contribution < -0.4 is 0 Å². The van der Waals surface area contributed by atoms with E-state index in [1.165, 1.54) is 33.2 Å². The van der Waals surface area contributed by atoms with Crippen molar-refractivity contribution in [2.75, 3.05) is 0 Å². The van der Waals surface area contributed by atoms with Crippen LogP contribution in [0.15, 0.2) is 200 Å². The highest BCUT2D eigenvalue weighted by Crippen LogP contribution is 2.44. The summed E-state index contributed by atoms with van der Waals surface area (Å²) in [6.07, 6.45) is 6.53. The SMILES string of the molecule is C1=Cc2c(n(-c3ccccc3-c3cccc(-c4cccc(-c5ccccc5)c4)n3)c3ccc4c(c5ccccc5n4-c4nc(-c5ccccc5)nc(-c5ccccc5)n4)c23)CC1. The van der Waals surface area contributed by atoms with Gasteiger partial charge in [-0.3, -0.25) is 4.57 Å². The zero-order valence-corrected chi connectivity index (χ0v) is 33.7. The lowest BCUT2D eigenvalue weighted by Gasteiger charge is -2.17. The van der Waals surface area contributed by atoms with Crippen LogP contribution in [-0.4, -0.2) is 29.1 Å². The molecule has 0 unspecified atom stereocenters. The predicted molar refractivity (Wildman–Crippen MR) is 253 cm³/mol. The monoisotopic (exact) mass is 794 g/mol. The maximum Gasteiger partial charge on any atom is 0.238 e. The van der Waals surface area contributed by atoms with E-state index in [0.717, 1.165) is 74.1 Å². The first-order valence-corrected chi connectivity index (χ1v) is 21.1. The van der Waals surface area contributed by atoms with Gasteiger partial charge in [-0.05, 0) is 66.4 Å². The summed E-state index contributed by atoms with van der Waals surface area (Å²) < 4.78 is 4.71. The second-order valence-electron chi connectivity index (χ2n) is 15.7. The molecule has 11 aromatic rings. The Morgan fingerprint density at radius 2 is 1.00 bits per heavy atom. The number of allylic oxidation sites excluding steroid dienone is 1. The zero-order valence-electron chi connectivity index (χ0n) is 33.7. The van der Waals surface area contributed by atoms with Crippen LogP contribution in [0.4, 0.5) is 0 Å². The van der Waals surface area contributed by atoms with E-state index in [4.69, 9.17) is 19.9 Å².